The molecule has 0 aromatic heterocycles. The topological polar surface area (TPSA) is 58.6 Å². The second-order valence-electron chi connectivity index (χ2n) is 7.87. The van der Waals surface area contributed by atoms with E-state index in [1.807, 2.05) is 31.2 Å². The molecule has 3 rings (SSSR count). The lowest BCUT2D eigenvalue weighted by Crippen LogP contribution is -2.50. The van der Waals surface area contributed by atoms with Gasteiger partial charge >= 0.3 is 0 Å². The Kier molecular flexibility index (Phi) is 7.44. The lowest BCUT2D eigenvalue weighted by molar-refractivity contribution is -0.142. The predicted molar refractivity (Wildman–Crippen MR) is 113 cm³/mol. The molecule has 1 atom stereocenters. The molecule has 0 saturated heterocycles. The number of nitrogens with zero attached hydrogens (tertiary/aromatic N) is 1. The largest absolute Gasteiger partial charge is 0.484 e. The Morgan fingerprint density at radius 3 is 2.47 bits per heavy atom. The van der Waals surface area contributed by atoms with Crippen molar-refractivity contribution in [1.82, 2.24) is 10.2 Å². The summed E-state index contributed by atoms with van der Waals surface area (Å²) in [7, 11) is 0. The maximum absolute atomic E-state index is 13.3. The first-order valence-electron chi connectivity index (χ1n) is 10.5. The summed E-state index contributed by atoms with van der Waals surface area (Å²) in [6.07, 6.45) is 4.17. The maximum Gasteiger partial charge on any atom is 0.261 e. The van der Waals surface area contributed by atoms with E-state index in [1.165, 1.54) is 17.0 Å². The molecule has 30 heavy (non-hydrogen) atoms. The highest BCUT2D eigenvalue weighted by Gasteiger charge is 2.28. The van der Waals surface area contributed by atoms with Crippen molar-refractivity contribution in [1.29, 1.82) is 0 Å². The molecule has 0 aliphatic heterocycles. The van der Waals surface area contributed by atoms with Crippen molar-refractivity contribution >= 4 is 11.8 Å². The number of hydrogen-bond acceptors (Lipinski definition) is 3. The Hall–Kier alpha value is -2.89. The molecule has 0 bridgehead atoms. The second-order valence-corrected chi connectivity index (χ2v) is 7.87. The number of nitrogens with one attached hydrogen (secondary N) is 1. The van der Waals surface area contributed by atoms with E-state index in [-0.39, 0.29) is 36.8 Å². The summed E-state index contributed by atoms with van der Waals surface area (Å²) >= 11 is 0. The summed E-state index contributed by atoms with van der Waals surface area (Å²) in [4.78, 5) is 27.3. The number of halogens is 1. The van der Waals surface area contributed by atoms with E-state index >= 15 is 0 Å². The van der Waals surface area contributed by atoms with Gasteiger partial charge in [0.1, 0.15) is 17.6 Å². The van der Waals surface area contributed by atoms with E-state index in [4.69, 9.17) is 4.74 Å². The van der Waals surface area contributed by atoms with Gasteiger partial charge in [0.15, 0.2) is 6.61 Å². The molecule has 2 amide bonds. The van der Waals surface area contributed by atoms with Gasteiger partial charge in [0, 0.05) is 12.6 Å². The minimum Gasteiger partial charge on any atom is -0.484 e. The Morgan fingerprint density at radius 1 is 1.13 bits per heavy atom. The van der Waals surface area contributed by atoms with Crippen molar-refractivity contribution in [3.05, 3.63) is 65.5 Å². The van der Waals surface area contributed by atoms with Gasteiger partial charge in [-0.05, 0) is 56.0 Å². The van der Waals surface area contributed by atoms with Gasteiger partial charge < -0.3 is 15.0 Å². The van der Waals surface area contributed by atoms with Crippen molar-refractivity contribution in [3.63, 3.8) is 0 Å². The molecule has 0 radical (unpaired) electrons. The molecule has 6 heteroatoms. The molecule has 1 aliphatic carbocycles. The standard InChI is InChI=1S/C24H29FN2O3/c1-17-7-3-6-10-22(17)30-16-23(28)27(15-19-11-13-20(25)14-12-19)18(2)24(29)26-21-8-4-5-9-21/h3,6-7,10-14,18,21H,4-5,8-9,15-16H2,1-2H3,(H,26,29). The van der Waals surface area contributed by atoms with Crippen LogP contribution in [0.2, 0.25) is 0 Å². The Labute approximate surface area is 177 Å². The van der Waals surface area contributed by atoms with E-state index in [0.717, 1.165) is 36.8 Å². The summed E-state index contributed by atoms with van der Waals surface area (Å²) < 4.78 is 19.0. The van der Waals surface area contributed by atoms with Crippen LogP contribution in [-0.2, 0) is 16.1 Å². The van der Waals surface area contributed by atoms with E-state index < -0.39 is 6.04 Å². The summed E-state index contributed by atoms with van der Waals surface area (Å²) in [5, 5.41) is 3.06. The van der Waals surface area contributed by atoms with Crippen LogP contribution >= 0.6 is 0 Å². The van der Waals surface area contributed by atoms with Crippen LogP contribution in [0, 0.1) is 12.7 Å². The SMILES string of the molecule is Cc1ccccc1OCC(=O)N(Cc1ccc(F)cc1)C(C)C(=O)NC1CCCC1. The van der Waals surface area contributed by atoms with Crippen LogP contribution in [0.15, 0.2) is 48.5 Å². The molecule has 1 saturated carbocycles. The van der Waals surface area contributed by atoms with Crippen LogP contribution < -0.4 is 10.1 Å². The number of amides is 2. The van der Waals surface area contributed by atoms with Gasteiger partial charge in [0.05, 0.1) is 0 Å². The highest BCUT2D eigenvalue weighted by atomic mass is 19.1. The molecule has 1 unspecified atom stereocenters. The van der Waals surface area contributed by atoms with E-state index in [2.05, 4.69) is 5.32 Å². The van der Waals surface area contributed by atoms with Gasteiger partial charge in [-0.1, -0.05) is 43.2 Å². The first-order chi connectivity index (χ1) is 14.4. The van der Waals surface area contributed by atoms with Crippen LogP contribution in [-0.4, -0.2) is 35.4 Å². The van der Waals surface area contributed by atoms with Gasteiger partial charge in [0.2, 0.25) is 5.91 Å². The van der Waals surface area contributed by atoms with Crippen LogP contribution in [0.3, 0.4) is 0 Å². The van der Waals surface area contributed by atoms with Crippen molar-refractivity contribution in [2.75, 3.05) is 6.61 Å². The molecule has 1 fully saturated rings. The molecule has 2 aromatic carbocycles. The Bertz CT molecular complexity index is 863. The third kappa shape index (κ3) is 5.81. The van der Waals surface area contributed by atoms with E-state index in [0.29, 0.717) is 5.75 Å². The normalized spacial score (nSPS) is 14.9. The first-order valence-corrected chi connectivity index (χ1v) is 10.5. The molecule has 1 N–H and O–H groups in total. The van der Waals surface area contributed by atoms with Gasteiger partial charge in [-0.3, -0.25) is 9.59 Å². The lowest BCUT2D eigenvalue weighted by Gasteiger charge is -2.29. The fourth-order valence-corrected chi connectivity index (χ4v) is 3.70. The third-order valence-corrected chi connectivity index (χ3v) is 5.58. The number of hydrogen-bond donors (Lipinski definition) is 1. The van der Waals surface area contributed by atoms with Crippen LogP contribution in [0.1, 0.15) is 43.7 Å². The molecular weight excluding hydrogens is 383 g/mol. The van der Waals surface area contributed by atoms with Gasteiger partial charge in [-0.15, -0.1) is 0 Å². The minimum absolute atomic E-state index is 0.172. The van der Waals surface area contributed by atoms with Crippen LogP contribution in [0.4, 0.5) is 4.39 Å². The highest BCUT2D eigenvalue weighted by Crippen LogP contribution is 2.19. The van der Waals surface area contributed by atoms with Crippen molar-refractivity contribution < 1.29 is 18.7 Å². The van der Waals surface area contributed by atoms with Crippen LogP contribution in [0.25, 0.3) is 0 Å². The molecule has 160 valence electrons. The fraction of sp³-hybridized carbons (Fsp3) is 0.417. The monoisotopic (exact) mass is 412 g/mol. The fourth-order valence-electron chi connectivity index (χ4n) is 3.70. The molecule has 2 aromatic rings. The summed E-state index contributed by atoms with van der Waals surface area (Å²) in [6.45, 7) is 3.66. The average molecular weight is 413 g/mol. The molecule has 0 heterocycles. The van der Waals surface area contributed by atoms with Gasteiger partial charge in [0.25, 0.3) is 5.91 Å². The quantitative estimate of drug-likeness (QED) is 0.713. The van der Waals surface area contributed by atoms with E-state index in [1.54, 1.807) is 19.1 Å². The predicted octanol–water partition coefficient (Wildman–Crippen LogP) is 3.99. The summed E-state index contributed by atoms with van der Waals surface area (Å²) in [5.74, 6) is -0.174. The lowest BCUT2D eigenvalue weighted by atomic mass is 10.1. The summed E-state index contributed by atoms with van der Waals surface area (Å²) in [5.41, 5.74) is 1.68. The van der Waals surface area contributed by atoms with Gasteiger partial charge in [-0.25, -0.2) is 4.39 Å². The van der Waals surface area contributed by atoms with Crippen LogP contribution in [0.5, 0.6) is 5.75 Å². The number of para-hydroxylation sites is 1. The molecule has 1 aliphatic rings. The highest BCUT2D eigenvalue weighted by molar-refractivity contribution is 5.88. The summed E-state index contributed by atoms with van der Waals surface area (Å²) in [6, 6.07) is 12.9. The minimum atomic E-state index is -0.663. The van der Waals surface area contributed by atoms with Crippen molar-refractivity contribution in [2.45, 2.75) is 58.2 Å². The molecule has 5 nitrogen and oxygen atoms in total. The number of ether oxygens (including phenoxy) is 1. The Morgan fingerprint density at radius 2 is 1.80 bits per heavy atom. The average Bonchev–Trinajstić information content (AvgIpc) is 3.25. The zero-order chi connectivity index (χ0) is 21.5. The molecular formula is C24H29FN2O3. The van der Waals surface area contributed by atoms with E-state index in [9.17, 15) is 14.0 Å². The number of carbonyl (C=O) groups excluding carboxylic acids is 2. The zero-order valence-electron chi connectivity index (χ0n) is 17.6. The van der Waals surface area contributed by atoms with Gasteiger partial charge in [-0.2, -0.15) is 0 Å². The number of aryl methyl sites for hydroxylation is 1. The van der Waals surface area contributed by atoms with Crippen molar-refractivity contribution in [3.8, 4) is 5.75 Å². The smallest absolute Gasteiger partial charge is 0.261 e. The second kappa shape index (κ2) is 10.2. The number of benzene rings is 2. The third-order valence-electron chi connectivity index (χ3n) is 5.58. The maximum atomic E-state index is 13.3. The first kappa shape index (κ1) is 21.8. The number of rotatable bonds is 8. The Balaban J connectivity index is 1.71. The zero-order valence-corrected chi connectivity index (χ0v) is 17.6. The molecule has 0 spiro atoms. The van der Waals surface area contributed by atoms with Crippen molar-refractivity contribution in [2.24, 2.45) is 0 Å². The number of carbonyl (C=O) groups is 2.